The molecule has 1 unspecified atom stereocenters. The Hall–Kier alpha value is -1.29. The topological polar surface area (TPSA) is 68.3 Å². The number of nitrogens with one attached hydrogen (secondary N) is 1. The maximum atomic E-state index is 11.7. The number of fused-ring (bicyclic) bond motifs is 1. The fraction of sp³-hybridized carbons (Fsp3) is 0.643. The minimum atomic E-state index is 0.0185. The Morgan fingerprint density at radius 1 is 1.61 bits per heavy atom. The van der Waals surface area contributed by atoms with Crippen molar-refractivity contribution in [1.82, 2.24) is 5.32 Å². The van der Waals surface area contributed by atoms with Crippen molar-refractivity contribution >= 4 is 5.91 Å². The lowest BCUT2D eigenvalue weighted by Gasteiger charge is -2.34. The van der Waals surface area contributed by atoms with Gasteiger partial charge >= 0.3 is 0 Å². The van der Waals surface area contributed by atoms with Crippen molar-refractivity contribution in [2.75, 3.05) is 6.54 Å². The molecule has 4 nitrogen and oxygen atoms in total. The lowest BCUT2D eigenvalue weighted by molar-refractivity contribution is -0.121. The molecule has 2 rings (SSSR count). The minimum Gasteiger partial charge on any atom is -0.466 e. The highest BCUT2D eigenvalue weighted by atomic mass is 16.3. The van der Waals surface area contributed by atoms with Gasteiger partial charge in [0, 0.05) is 24.9 Å². The van der Waals surface area contributed by atoms with Gasteiger partial charge in [0.2, 0.25) is 5.91 Å². The molecule has 4 heteroatoms. The van der Waals surface area contributed by atoms with Crippen molar-refractivity contribution in [2.45, 2.75) is 46.1 Å². The Morgan fingerprint density at radius 3 is 3.00 bits per heavy atom. The van der Waals surface area contributed by atoms with Crippen molar-refractivity contribution in [3.8, 4) is 0 Å². The SMILES string of the molecule is Cc1cc2c(o1)CC(C)(C)CC2NC(=O)CCN. The van der Waals surface area contributed by atoms with Crippen molar-refractivity contribution < 1.29 is 9.21 Å². The summed E-state index contributed by atoms with van der Waals surface area (Å²) in [6, 6.07) is 2.10. The molecule has 0 fully saturated rings. The first-order valence-electron chi connectivity index (χ1n) is 6.50. The number of hydrogen-bond donors (Lipinski definition) is 2. The maximum Gasteiger partial charge on any atom is 0.221 e. The first-order valence-corrected chi connectivity index (χ1v) is 6.50. The number of rotatable bonds is 3. The van der Waals surface area contributed by atoms with Gasteiger partial charge in [-0.1, -0.05) is 13.8 Å². The number of nitrogens with two attached hydrogens (primary N) is 1. The van der Waals surface area contributed by atoms with E-state index in [4.69, 9.17) is 10.2 Å². The van der Waals surface area contributed by atoms with E-state index in [0.717, 1.165) is 29.9 Å². The molecule has 0 aliphatic heterocycles. The van der Waals surface area contributed by atoms with Gasteiger partial charge in [-0.3, -0.25) is 4.79 Å². The molecule has 1 heterocycles. The minimum absolute atomic E-state index is 0.0185. The van der Waals surface area contributed by atoms with Gasteiger partial charge < -0.3 is 15.5 Å². The highest BCUT2D eigenvalue weighted by Gasteiger charge is 2.35. The number of carbonyl (C=O) groups excluding carboxylic acids is 1. The fourth-order valence-electron chi connectivity index (χ4n) is 2.71. The third kappa shape index (κ3) is 2.75. The van der Waals surface area contributed by atoms with Crippen LogP contribution in [0.5, 0.6) is 0 Å². The third-order valence-electron chi connectivity index (χ3n) is 3.44. The van der Waals surface area contributed by atoms with Crippen LogP contribution in [0.3, 0.4) is 0 Å². The van der Waals surface area contributed by atoms with Crippen molar-refractivity contribution in [3.05, 3.63) is 23.2 Å². The molecule has 1 atom stereocenters. The van der Waals surface area contributed by atoms with Crippen LogP contribution in [0, 0.1) is 12.3 Å². The van der Waals surface area contributed by atoms with E-state index in [0.29, 0.717) is 13.0 Å². The molecule has 0 saturated carbocycles. The summed E-state index contributed by atoms with van der Waals surface area (Å²) in [5, 5.41) is 3.07. The summed E-state index contributed by atoms with van der Waals surface area (Å²) < 4.78 is 5.74. The number of furan rings is 1. The first kappa shape index (κ1) is 13.1. The average molecular weight is 250 g/mol. The molecule has 3 N–H and O–H groups in total. The molecule has 0 spiro atoms. The summed E-state index contributed by atoms with van der Waals surface area (Å²) in [4.78, 5) is 11.7. The molecular weight excluding hydrogens is 228 g/mol. The molecule has 100 valence electrons. The van der Waals surface area contributed by atoms with Gasteiger partial charge in [0.05, 0.1) is 6.04 Å². The van der Waals surface area contributed by atoms with Crippen LogP contribution in [-0.2, 0) is 11.2 Å². The van der Waals surface area contributed by atoms with E-state index in [2.05, 4.69) is 19.2 Å². The van der Waals surface area contributed by atoms with E-state index < -0.39 is 0 Å². The summed E-state index contributed by atoms with van der Waals surface area (Å²) in [6.45, 7) is 6.75. The van der Waals surface area contributed by atoms with E-state index in [1.165, 1.54) is 0 Å². The highest BCUT2D eigenvalue weighted by molar-refractivity contribution is 5.76. The Bertz CT molecular complexity index is 449. The maximum absolute atomic E-state index is 11.7. The fourth-order valence-corrected chi connectivity index (χ4v) is 2.71. The summed E-state index contributed by atoms with van der Waals surface area (Å²) in [7, 11) is 0. The smallest absolute Gasteiger partial charge is 0.221 e. The van der Waals surface area contributed by atoms with Gasteiger partial charge in [-0.05, 0) is 24.8 Å². The molecule has 1 amide bonds. The summed E-state index contributed by atoms with van der Waals surface area (Å²) in [5.41, 5.74) is 6.69. The molecule has 18 heavy (non-hydrogen) atoms. The molecule has 1 aliphatic rings. The van der Waals surface area contributed by atoms with Crippen LogP contribution in [0.2, 0.25) is 0 Å². The second kappa shape index (κ2) is 4.76. The van der Waals surface area contributed by atoms with E-state index in [1.807, 2.05) is 13.0 Å². The third-order valence-corrected chi connectivity index (χ3v) is 3.44. The number of amides is 1. The largest absolute Gasteiger partial charge is 0.466 e. The molecule has 0 aromatic carbocycles. The molecule has 1 aromatic rings. The van der Waals surface area contributed by atoms with Crippen LogP contribution in [0.25, 0.3) is 0 Å². The van der Waals surface area contributed by atoms with Crippen LogP contribution in [0.4, 0.5) is 0 Å². The number of aryl methyl sites for hydroxylation is 1. The van der Waals surface area contributed by atoms with Crippen LogP contribution in [0.1, 0.15) is 49.8 Å². The van der Waals surface area contributed by atoms with Crippen molar-refractivity contribution in [1.29, 1.82) is 0 Å². The van der Waals surface area contributed by atoms with Crippen molar-refractivity contribution in [3.63, 3.8) is 0 Å². The first-order chi connectivity index (χ1) is 8.41. The summed E-state index contributed by atoms with van der Waals surface area (Å²) in [6.07, 6.45) is 2.25. The number of carbonyl (C=O) groups is 1. The Kier molecular flexibility index (Phi) is 3.48. The van der Waals surface area contributed by atoms with E-state index in [9.17, 15) is 4.79 Å². The average Bonchev–Trinajstić information content (AvgIpc) is 2.57. The quantitative estimate of drug-likeness (QED) is 0.863. The van der Waals surface area contributed by atoms with Gasteiger partial charge in [-0.15, -0.1) is 0 Å². The second-order valence-corrected chi connectivity index (χ2v) is 5.94. The molecule has 0 saturated heterocycles. The van der Waals surface area contributed by atoms with Crippen molar-refractivity contribution in [2.24, 2.45) is 11.1 Å². The highest BCUT2D eigenvalue weighted by Crippen LogP contribution is 2.41. The van der Waals surface area contributed by atoms with E-state index in [1.54, 1.807) is 0 Å². The van der Waals surface area contributed by atoms with Crippen LogP contribution >= 0.6 is 0 Å². The van der Waals surface area contributed by atoms with E-state index in [-0.39, 0.29) is 17.4 Å². The lowest BCUT2D eigenvalue weighted by Crippen LogP contribution is -2.36. The zero-order valence-electron chi connectivity index (χ0n) is 11.4. The molecular formula is C14H22N2O2. The van der Waals surface area contributed by atoms with Gasteiger partial charge in [0.1, 0.15) is 11.5 Å². The van der Waals surface area contributed by atoms with Crippen LogP contribution in [0.15, 0.2) is 10.5 Å². The Balaban J connectivity index is 2.21. The molecule has 0 radical (unpaired) electrons. The number of hydrogen-bond acceptors (Lipinski definition) is 3. The lowest BCUT2D eigenvalue weighted by atomic mass is 9.74. The van der Waals surface area contributed by atoms with Gasteiger partial charge in [-0.2, -0.15) is 0 Å². The van der Waals surface area contributed by atoms with Gasteiger partial charge in [0.25, 0.3) is 0 Å². The molecule has 0 bridgehead atoms. The normalized spacial score (nSPS) is 21.4. The Morgan fingerprint density at radius 2 is 2.33 bits per heavy atom. The van der Waals surface area contributed by atoms with Gasteiger partial charge in [-0.25, -0.2) is 0 Å². The zero-order valence-corrected chi connectivity index (χ0v) is 11.4. The van der Waals surface area contributed by atoms with Crippen LogP contribution < -0.4 is 11.1 Å². The molecule has 1 aromatic heterocycles. The monoisotopic (exact) mass is 250 g/mol. The predicted octanol–water partition coefficient (Wildman–Crippen LogP) is 2.07. The molecule has 1 aliphatic carbocycles. The van der Waals surface area contributed by atoms with Gasteiger partial charge in [0.15, 0.2) is 0 Å². The van der Waals surface area contributed by atoms with Crippen LogP contribution in [-0.4, -0.2) is 12.5 Å². The Labute approximate surface area is 108 Å². The summed E-state index contributed by atoms with van der Waals surface area (Å²) in [5.74, 6) is 1.95. The standard InChI is InChI=1S/C14H22N2O2/c1-9-6-10-11(16-13(17)4-5-15)7-14(2,3)8-12(10)18-9/h6,11H,4-5,7-8,15H2,1-3H3,(H,16,17). The predicted molar refractivity (Wildman–Crippen MR) is 70.1 cm³/mol. The zero-order chi connectivity index (χ0) is 13.3. The van der Waals surface area contributed by atoms with E-state index >= 15 is 0 Å². The summed E-state index contributed by atoms with van der Waals surface area (Å²) >= 11 is 0. The second-order valence-electron chi connectivity index (χ2n) is 5.94.